The van der Waals surface area contributed by atoms with Gasteiger partial charge in [0.15, 0.2) is 0 Å². The number of anilines is 2. The van der Waals surface area contributed by atoms with Crippen molar-refractivity contribution in [3.05, 3.63) is 30.5 Å². The molecule has 0 unspecified atom stereocenters. The van der Waals surface area contributed by atoms with Crippen LogP contribution in [0.4, 0.5) is 16.3 Å². The van der Waals surface area contributed by atoms with Crippen molar-refractivity contribution in [3.8, 4) is 0 Å². The molecule has 0 aliphatic rings. The molecule has 0 aliphatic carbocycles. The molecule has 0 saturated heterocycles. The highest BCUT2D eigenvalue weighted by Crippen LogP contribution is 2.23. The van der Waals surface area contributed by atoms with Gasteiger partial charge in [-0.05, 0) is 44.4 Å². The van der Waals surface area contributed by atoms with Crippen molar-refractivity contribution in [1.29, 1.82) is 0 Å². The summed E-state index contributed by atoms with van der Waals surface area (Å²) in [5.41, 5.74) is 5.82. The van der Waals surface area contributed by atoms with E-state index in [-0.39, 0.29) is 0 Å². The summed E-state index contributed by atoms with van der Waals surface area (Å²) in [6.45, 7) is 5.42. The number of amides is 1. The van der Waals surface area contributed by atoms with Crippen molar-refractivity contribution in [2.45, 2.75) is 26.4 Å². The third kappa shape index (κ3) is 3.34. The predicted molar refractivity (Wildman–Crippen MR) is 76.0 cm³/mol. The van der Waals surface area contributed by atoms with E-state index in [0.717, 1.165) is 10.8 Å². The van der Waals surface area contributed by atoms with E-state index in [1.807, 2.05) is 12.1 Å². The first-order chi connectivity index (χ1) is 8.85. The highest BCUT2D eigenvalue weighted by Gasteiger charge is 2.17. The molecule has 0 spiro atoms. The molecular formula is C14H17N3O2. The second-order valence-electron chi connectivity index (χ2n) is 5.27. The number of nitrogens with zero attached hydrogens (tertiary/aromatic N) is 1. The van der Waals surface area contributed by atoms with Gasteiger partial charge in [-0.3, -0.25) is 5.32 Å². The van der Waals surface area contributed by atoms with E-state index in [2.05, 4.69) is 10.3 Å². The summed E-state index contributed by atoms with van der Waals surface area (Å²) in [4.78, 5) is 15.9. The Morgan fingerprint density at radius 2 is 2.05 bits per heavy atom. The number of hydrogen-bond acceptors (Lipinski definition) is 4. The Balaban J connectivity index is 2.30. The fraction of sp³-hybridized carbons (Fsp3) is 0.286. The predicted octanol–water partition coefficient (Wildman–Crippen LogP) is 3.16. The van der Waals surface area contributed by atoms with Crippen molar-refractivity contribution in [1.82, 2.24) is 4.98 Å². The maximum absolute atomic E-state index is 11.8. The van der Waals surface area contributed by atoms with E-state index in [4.69, 9.17) is 10.5 Å². The van der Waals surface area contributed by atoms with E-state index in [0.29, 0.717) is 11.5 Å². The highest BCUT2D eigenvalue weighted by molar-refractivity contribution is 5.99. The van der Waals surface area contributed by atoms with Crippen LogP contribution in [0.5, 0.6) is 0 Å². The van der Waals surface area contributed by atoms with Gasteiger partial charge in [-0.2, -0.15) is 0 Å². The zero-order valence-corrected chi connectivity index (χ0v) is 11.2. The van der Waals surface area contributed by atoms with Gasteiger partial charge in [-0.25, -0.2) is 9.78 Å². The lowest BCUT2D eigenvalue weighted by Crippen LogP contribution is -2.27. The van der Waals surface area contributed by atoms with Gasteiger partial charge < -0.3 is 10.5 Å². The van der Waals surface area contributed by atoms with Crippen LogP contribution in [0.3, 0.4) is 0 Å². The summed E-state index contributed by atoms with van der Waals surface area (Å²) in [5.74, 6) is 0.444. The molecule has 0 bridgehead atoms. The maximum atomic E-state index is 11.8. The monoisotopic (exact) mass is 259 g/mol. The zero-order chi connectivity index (χ0) is 14.0. The first kappa shape index (κ1) is 13.1. The fourth-order valence-electron chi connectivity index (χ4n) is 1.69. The number of nitrogens with one attached hydrogen (secondary N) is 1. The first-order valence-corrected chi connectivity index (χ1v) is 5.99. The van der Waals surface area contributed by atoms with E-state index < -0.39 is 11.7 Å². The number of aromatic nitrogens is 1. The number of hydrogen-bond donors (Lipinski definition) is 2. The summed E-state index contributed by atoms with van der Waals surface area (Å²) in [6.07, 6.45) is 1.10. The average Bonchev–Trinajstić information content (AvgIpc) is 2.27. The molecular weight excluding hydrogens is 242 g/mol. The molecule has 19 heavy (non-hydrogen) atoms. The van der Waals surface area contributed by atoms with Gasteiger partial charge in [0, 0.05) is 17.3 Å². The summed E-state index contributed by atoms with van der Waals surface area (Å²) in [6, 6.07) is 7.32. The Morgan fingerprint density at radius 3 is 2.74 bits per heavy atom. The topological polar surface area (TPSA) is 77.2 Å². The molecule has 1 aromatic heterocycles. The standard InChI is InChI=1S/C14H17N3O2/c1-14(2,3)19-13(18)17-12-11-8-10(15)5-4-9(11)6-7-16-12/h4-8H,15H2,1-3H3,(H,16,17,18). The Hall–Kier alpha value is -2.30. The zero-order valence-electron chi connectivity index (χ0n) is 11.2. The number of fused-ring (bicyclic) bond motifs is 1. The van der Waals surface area contributed by atoms with Crippen molar-refractivity contribution in [2.75, 3.05) is 11.1 Å². The number of carbonyl (C=O) groups excluding carboxylic acids is 1. The SMILES string of the molecule is CC(C)(C)OC(=O)Nc1nccc2ccc(N)cc12. The molecule has 2 rings (SSSR count). The Bertz CT molecular complexity index is 618. The largest absolute Gasteiger partial charge is 0.444 e. The lowest BCUT2D eigenvalue weighted by molar-refractivity contribution is 0.0635. The van der Waals surface area contributed by atoms with Crippen LogP contribution in [-0.4, -0.2) is 16.7 Å². The van der Waals surface area contributed by atoms with E-state index in [1.54, 1.807) is 39.1 Å². The number of carbonyl (C=O) groups is 1. The van der Waals surface area contributed by atoms with Crippen LogP contribution in [-0.2, 0) is 4.74 Å². The molecule has 3 N–H and O–H groups in total. The van der Waals surface area contributed by atoms with Gasteiger partial charge in [0.1, 0.15) is 11.4 Å². The molecule has 5 nitrogen and oxygen atoms in total. The molecule has 0 radical (unpaired) electrons. The molecule has 1 aromatic carbocycles. The number of rotatable bonds is 1. The van der Waals surface area contributed by atoms with Gasteiger partial charge in [0.25, 0.3) is 0 Å². The number of nitrogen functional groups attached to an aromatic ring is 1. The van der Waals surface area contributed by atoms with Crippen molar-refractivity contribution in [3.63, 3.8) is 0 Å². The summed E-state index contributed by atoms with van der Waals surface area (Å²) in [7, 11) is 0. The molecule has 1 amide bonds. The van der Waals surface area contributed by atoms with Crippen LogP contribution in [0.25, 0.3) is 10.8 Å². The summed E-state index contributed by atoms with van der Waals surface area (Å²) < 4.78 is 5.20. The third-order valence-corrected chi connectivity index (χ3v) is 2.41. The van der Waals surface area contributed by atoms with Gasteiger partial charge in [0.05, 0.1) is 0 Å². The maximum Gasteiger partial charge on any atom is 0.413 e. The van der Waals surface area contributed by atoms with Crippen molar-refractivity contribution >= 4 is 28.4 Å². The average molecular weight is 259 g/mol. The minimum absolute atomic E-state index is 0.444. The van der Waals surface area contributed by atoms with Gasteiger partial charge in [-0.1, -0.05) is 6.07 Å². The quantitative estimate of drug-likeness (QED) is 0.771. The van der Waals surface area contributed by atoms with Gasteiger partial charge in [-0.15, -0.1) is 0 Å². The Labute approximate surface area is 111 Å². The second kappa shape index (κ2) is 4.76. The molecule has 1 heterocycles. The van der Waals surface area contributed by atoms with Crippen LogP contribution in [0.2, 0.25) is 0 Å². The molecule has 0 saturated carbocycles. The lowest BCUT2D eigenvalue weighted by Gasteiger charge is -2.19. The van der Waals surface area contributed by atoms with E-state index >= 15 is 0 Å². The summed E-state index contributed by atoms with van der Waals surface area (Å²) >= 11 is 0. The molecule has 0 fully saturated rings. The van der Waals surface area contributed by atoms with Crippen LogP contribution in [0.15, 0.2) is 30.5 Å². The smallest absolute Gasteiger partial charge is 0.413 e. The Morgan fingerprint density at radius 1 is 1.32 bits per heavy atom. The third-order valence-electron chi connectivity index (χ3n) is 2.41. The number of pyridine rings is 1. The minimum Gasteiger partial charge on any atom is -0.444 e. The second-order valence-corrected chi connectivity index (χ2v) is 5.27. The van der Waals surface area contributed by atoms with Gasteiger partial charge >= 0.3 is 6.09 Å². The highest BCUT2D eigenvalue weighted by atomic mass is 16.6. The normalized spacial score (nSPS) is 11.3. The van der Waals surface area contributed by atoms with Crippen LogP contribution < -0.4 is 11.1 Å². The molecule has 2 aromatic rings. The molecule has 100 valence electrons. The Kier molecular flexibility index (Phi) is 3.29. The number of ether oxygens (including phenoxy) is 1. The van der Waals surface area contributed by atoms with E-state index in [1.165, 1.54) is 0 Å². The number of benzene rings is 1. The van der Waals surface area contributed by atoms with Crippen LogP contribution in [0, 0.1) is 0 Å². The molecule has 5 heteroatoms. The minimum atomic E-state index is -0.548. The van der Waals surface area contributed by atoms with Crippen molar-refractivity contribution in [2.24, 2.45) is 0 Å². The van der Waals surface area contributed by atoms with E-state index in [9.17, 15) is 4.79 Å². The molecule has 0 aliphatic heterocycles. The van der Waals surface area contributed by atoms with Crippen LogP contribution in [0.1, 0.15) is 20.8 Å². The van der Waals surface area contributed by atoms with Crippen LogP contribution >= 0.6 is 0 Å². The lowest BCUT2D eigenvalue weighted by atomic mass is 10.1. The first-order valence-electron chi connectivity index (χ1n) is 5.99. The summed E-state index contributed by atoms with van der Waals surface area (Å²) in [5, 5.41) is 4.38. The van der Waals surface area contributed by atoms with Gasteiger partial charge in [0.2, 0.25) is 0 Å². The van der Waals surface area contributed by atoms with Crippen molar-refractivity contribution < 1.29 is 9.53 Å². The fourth-order valence-corrected chi connectivity index (χ4v) is 1.69. The number of nitrogens with two attached hydrogens (primary N) is 1. The molecule has 0 atom stereocenters.